The van der Waals surface area contributed by atoms with Crippen molar-refractivity contribution < 1.29 is 14.3 Å². The quantitative estimate of drug-likeness (QED) is 0.199. The second-order valence-corrected chi connectivity index (χ2v) is 10.6. The Morgan fingerprint density at radius 3 is 2.55 bits per heavy atom. The van der Waals surface area contributed by atoms with Gasteiger partial charge < -0.3 is 20.4 Å². The summed E-state index contributed by atoms with van der Waals surface area (Å²) in [6.07, 6.45) is 1.44. The van der Waals surface area contributed by atoms with Gasteiger partial charge in [-0.1, -0.05) is 42.5 Å². The molecule has 6 rings (SSSR count). The Bertz CT molecular complexity index is 1810. The fraction of sp³-hybridized carbons (Fsp3) is 0.0938. The number of benzene rings is 4. The molecule has 8 heteroatoms. The molecule has 0 unspecified atom stereocenters. The third kappa shape index (κ3) is 5.57. The highest BCUT2D eigenvalue weighted by Gasteiger charge is 2.24. The largest absolute Gasteiger partial charge is 0.413 e. The van der Waals surface area contributed by atoms with Crippen molar-refractivity contribution in [2.45, 2.75) is 19.4 Å². The SMILES string of the molecule is Cc1ccc2nc(-c3ccc(NC(=O)[C@H](Cc4c[nH]c5ccccc45)NC(=O)Oc4ccccc4)cc3)sc2c1. The minimum Gasteiger partial charge on any atom is -0.410 e. The fourth-order valence-electron chi connectivity index (χ4n) is 4.58. The van der Waals surface area contributed by atoms with E-state index >= 15 is 0 Å². The molecule has 198 valence electrons. The molecule has 4 aromatic carbocycles. The van der Waals surface area contributed by atoms with Crippen LogP contribution in [-0.2, 0) is 11.2 Å². The molecule has 2 amide bonds. The van der Waals surface area contributed by atoms with Gasteiger partial charge in [-0.2, -0.15) is 0 Å². The highest BCUT2D eigenvalue weighted by Crippen LogP contribution is 2.31. The maximum atomic E-state index is 13.5. The number of fused-ring (bicyclic) bond motifs is 2. The minimum atomic E-state index is -0.873. The lowest BCUT2D eigenvalue weighted by Crippen LogP contribution is -2.46. The predicted octanol–water partition coefficient (Wildman–Crippen LogP) is 7.09. The number of anilines is 1. The number of aryl methyl sites for hydroxylation is 1. The van der Waals surface area contributed by atoms with Crippen LogP contribution < -0.4 is 15.4 Å². The first-order valence-corrected chi connectivity index (χ1v) is 13.7. The molecule has 7 nitrogen and oxygen atoms in total. The Balaban J connectivity index is 1.20. The number of thiazole rings is 1. The molecule has 0 bridgehead atoms. The molecule has 0 spiro atoms. The number of carbonyl (C=O) groups excluding carboxylic acids is 2. The Kier molecular flexibility index (Phi) is 6.99. The summed E-state index contributed by atoms with van der Waals surface area (Å²) in [6, 6.07) is 29.5. The first kappa shape index (κ1) is 25.3. The van der Waals surface area contributed by atoms with Crippen LogP contribution in [0.15, 0.2) is 103 Å². The van der Waals surface area contributed by atoms with Gasteiger partial charge in [0.2, 0.25) is 5.91 Å². The Hall–Kier alpha value is -4.95. The van der Waals surface area contributed by atoms with Gasteiger partial charge in [0.05, 0.1) is 10.2 Å². The van der Waals surface area contributed by atoms with Gasteiger partial charge in [0.1, 0.15) is 16.8 Å². The number of hydrogen-bond donors (Lipinski definition) is 3. The summed E-state index contributed by atoms with van der Waals surface area (Å²) in [6.45, 7) is 2.07. The fourth-order valence-corrected chi connectivity index (χ4v) is 5.65. The van der Waals surface area contributed by atoms with Crippen LogP contribution in [0.2, 0.25) is 0 Å². The smallest absolute Gasteiger partial charge is 0.410 e. The van der Waals surface area contributed by atoms with E-state index < -0.39 is 12.1 Å². The molecule has 0 radical (unpaired) electrons. The van der Waals surface area contributed by atoms with E-state index in [2.05, 4.69) is 34.7 Å². The number of nitrogens with zero attached hydrogens (tertiary/aromatic N) is 1. The molecule has 0 saturated heterocycles. The van der Waals surface area contributed by atoms with Gasteiger partial charge in [0.15, 0.2) is 0 Å². The lowest BCUT2D eigenvalue weighted by Gasteiger charge is -2.18. The van der Waals surface area contributed by atoms with Crippen molar-refractivity contribution in [3.8, 4) is 16.3 Å². The number of nitrogens with one attached hydrogen (secondary N) is 3. The van der Waals surface area contributed by atoms with Gasteiger partial charge >= 0.3 is 6.09 Å². The topological polar surface area (TPSA) is 96.1 Å². The van der Waals surface area contributed by atoms with Crippen LogP contribution >= 0.6 is 11.3 Å². The molecule has 1 atom stereocenters. The van der Waals surface area contributed by atoms with Crippen molar-refractivity contribution in [3.63, 3.8) is 0 Å². The Morgan fingerprint density at radius 2 is 1.73 bits per heavy atom. The molecular formula is C32H26N4O3S. The van der Waals surface area contributed by atoms with Gasteiger partial charge in [0, 0.05) is 34.8 Å². The number of aromatic nitrogens is 2. The summed E-state index contributed by atoms with van der Waals surface area (Å²) in [5, 5.41) is 7.61. The van der Waals surface area contributed by atoms with Gasteiger partial charge in [-0.25, -0.2) is 9.78 Å². The third-order valence-corrected chi connectivity index (χ3v) is 7.67. The molecule has 0 fully saturated rings. The van der Waals surface area contributed by atoms with Crippen molar-refractivity contribution >= 4 is 50.1 Å². The zero-order valence-electron chi connectivity index (χ0n) is 21.7. The zero-order chi connectivity index (χ0) is 27.5. The number of H-pyrrole nitrogens is 1. The van der Waals surface area contributed by atoms with E-state index in [1.54, 1.807) is 35.6 Å². The predicted molar refractivity (Wildman–Crippen MR) is 160 cm³/mol. The summed E-state index contributed by atoms with van der Waals surface area (Å²) in [5.74, 6) is 0.0466. The van der Waals surface area contributed by atoms with Gasteiger partial charge in [-0.15, -0.1) is 11.3 Å². The molecule has 0 aliphatic rings. The Morgan fingerprint density at radius 1 is 0.950 bits per heavy atom. The average molecular weight is 547 g/mol. The summed E-state index contributed by atoms with van der Waals surface area (Å²) in [5.41, 5.74) is 5.63. The van der Waals surface area contributed by atoms with Crippen LogP contribution in [0.4, 0.5) is 10.5 Å². The number of para-hydroxylation sites is 2. The zero-order valence-corrected chi connectivity index (χ0v) is 22.5. The van der Waals surface area contributed by atoms with Crippen LogP contribution in [0.25, 0.3) is 31.7 Å². The molecule has 0 aliphatic heterocycles. The third-order valence-electron chi connectivity index (χ3n) is 6.60. The average Bonchev–Trinajstić information content (AvgIpc) is 3.57. The Labute approximate surface area is 234 Å². The van der Waals surface area contributed by atoms with E-state index in [1.165, 1.54) is 5.56 Å². The van der Waals surface area contributed by atoms with E-state index in [0.717, 1.165) is 37.3 Å². The summed E-state index contributed by atoms with van der Waals surface area (Å²) < 4.78 is 6.55. The van der Waals surface area contributed by atoms with Crippen molar-refractivity contribution in [1.29, 1.82) is 0 Å². The van der Waals surface area contributed by atoms with Gasteiger partial charge in [0.25, 0.3) is 0 Å². The van der Waals surface area contributed by atoms with E-state index in [4.69, 9.17) is 9.72 Å². The van der Waals surface area contributed by atoms with Crippen LogP contribution in [0.3, 0.4) is 0 Å². The second-order valence-electron chi connectivity index (χ2n) is 9.52. The molecule has 6 aromatic rings. The van der Waals surface area contributed by atoms with Crippen LogP contribution in [0, 0.1) is 6.92 Å². The molecule has 0 aliphatic carbocycles. The van der Waals surface area contributed by atoms with Crippen molar-refractivity contribution in [1.82, 2.24) is 15.3 Å². The molecular weight excluding hydrogens is 520 g/mol. The molecule has 3 N–H and O–H groups in total. The maximum Gasteiger partial charge on any atom is 0.413 e. The number of amides is 2. The molecule has 2 aromatic heterocycles. The lowest BCUT2D eigenvalue weighted by molar-refractivity contribution is -0.118. The monoisotopic (exact) mass is 546 g/mol. The summed E-state index contributed by atoms with van der Waals surface area (Å²) in [4.78, 5) is 34.2. The normalized spacial score (nSPS) is 11.8. The maximum absolute atomic E-state index is 13.5. The number of ether oxygens (including phenoxy) is 1. The summed E-state index contributed by atoms with van der Waals surface area (Å²) in [7, 11) is 0. The van der Waals surface area contributed by atoms with Crippen LogP contribution in [0.1, 0.15) is 11.1 Å². The van der Waals surface area contributed by atoms with Gasteiger partial charge in [-0.05, 0) is 72.6 Å². The standard InChI is InChI=1S/C32H26N4O3S/c1-20-11-16-27-29(17-20)40-31(35-27)21-12-14-23(15-13-21)34-30(37)28(36-32(38)39-24-7-3-2-4-8-24)18-22-19-33-26-10-6-5-9-25(22)26/h2-17,19,28,33H,18H2,1H3,(H,34,37)(H,36,38)/t28-/m0/s1. The number of aromatic amines is 1. The highest BCUT2D eigenvalue weighted by molar-refractivity contribution is 7.21. The van der Waals surface area contributed by atoms with Gasteiger partial charge in [-0.3, -0.25) is 4.79 Å². The van der Waals surface area contributed by atoms with Crippen LogP contribution in [0.5, 0.6) is 5.75 Å². The molecule has 40 heavy (non-hydrogen) atoms. The van der Waals surface area contributed by atoms with Crippen molar-refractivity contribution in [2.75, 3.05) is 5.32 Å². The first-order chi connectivity index (χ1) is 19.5. The van der Waals surface area contributed by atoms with E-state index in [-0.39, 0.29) is 12.3 Å². The number of carbonyl (C=O) groups is 2. The van der Waals surface area contributed by atoms with Crippen molar-refractivity contribution in [2.24, 2.45) is 0 Å². The van der Waals surface area contributed by atoms with Crippen LogP contribution in [-0.4, -0.2) is 28.0 Å². The highest BCUT2D eigenvalue weighted by atomic mass is 32.1. The minimum absolute atomic E-state index is 0.281. The van der Waals surface area contributed by atoms with Crippen molar-refractivity contribution in [3.05, 3.63) is 114 Å². The number of hydrogen-bond acceptors (Lipinski definition) is 5. The summed E-state index contributed by atoms with van der Waals surface area (Å²) >= 11 is 1.64. The van der Waals surface area contributed by atoms with E-state index in [0.29, 0.717) is 11.4 Å². The molecule has 2 heterocycles. The lowest BCUT2D eigenvalue weighted by atomic mass is 10.0. The van der Waals surface area contributed by atoms with E-state index in [1.807, 2.05) is 66.9 Å². The van der Waals surface area contributed by atoms with E-state index in [9.17, 15) is 9.59 Å². The number of rotatable bonds is 7. The first-order valence-electron chi connectivity index (χ1n) is 12.9. The second kappa shape index (κ2) is 11.0. The molecule has 0 saturated carbocycles.